The molecule has 0 unspecified atom stereocenters. The Morgan fingerprint density at radius 1 is 1.14 bits per heavy atom. The molecule has 0 amide bonds. The van der Waals surface area contributed by atoms with Crippen LogP contribution >= 0.6 is 0 Å². The van der Waals surface area contributed by atoms with Gasteiger partial charge in [-0.3, -0.25) is 0 Å². The maximum atomic E-state index is 11.9. The van der Waals surface area contributed by atoms with Gasteiger partial charge in [0.15, 0.2) is 5.69 Å². The number of methoxy groups -OCH3 is 1. The molecule has 1 aromatic carbocycles. The van der Waals surface area contributed by atoms with Gasteiger partial charge in [0.05, 0.1) is 29.5 Å². The standard InChI is InChI=1S/C15H9N5O2/c1-22-15(21)14-13(19)11(7-18)8-20(14)12-3-2-9(5-16)10(4-12)6-17/h2-4,8H,19H2,1H3. The van der Waals surface area contributed by atoms with Crippen molar-refractivity contribution in [2.45, 2.75) is 0 Å². The second-order valence-corrected chi connectivity index (χ2v) is 4.23. The number of nitrogens with zero attached hydrogens (tertiary/aromatic N) is 4. The fraction of sp³-hybridized carbons (Fsp3) is 0.0667. The highest BCUT2D eigenvalue weighted by molar-refractivity contribution is 5.96. The molecule has 0 atom stereocenters. The number of benzene rings is 1. The molecule has 0 bridgehead atoms. The lowest BCUT2D eigenvalue weighted by atomic mass is 10.1. The molecular formula is C15H9N5O2. The van der Waals surface area contributed by atoms with Crippen LogP contribution in [0.3, 0.4) is 0 Å². The number of nitrogen functional groups attached to an aromatic ring is 1. The van der Waals surface area contributed by atoms with E-state index in [1.165, 1.54) is 30.0 Å². The van der Waals surface area contributed by atoms with Gasteiger partial charge in [0, 0.05) is 11.9 Å². The highest BCUT2D eigenvalue weighted by Gasteiger charge is 2.22. The largest absolute Gasteiger partial charge is 0.464 e. The molecule has 1 heterocycles. The molecule has 106 valence electrons. The average Bonchev–Trinajstić information content (AvgIpc) is 2.89. The number of hydrogen-bond acceptors (Lipinski definition) is 6. The van der Waals surface area contributed by atoms with Crippen molar-refractivity contribution in [1.29, 1.82) is 15.8 Å². The van der Waals surface area contributed by atoms with E-state index in [1.807, 2.05) is 18.2 Å². The van der Waals surface area contributed by atoms with Gasteiger partial charge in [0.25, 0.3) is 0 Å². The summed E-state index contributed by atoms with van der Waals surface area (Å²) < 4.78 is 6.03. The van der Waals surface area contributed by atoms with Gasteiger partial charge < -0.3 is 15.0 Å². The molecule has 0 radical (unpaired) electrons. The van der Waals surface area contributed by atoms with Crippen molar-refractivity contribution in [3.8, 4) is 23.9 Å². The van der Waals surface area contributed by atoms with Gasteiger partial charge in [-0.1, -0.05) is 0 Å². The summed E-state index contributed by atoms with van der Waals surface area (Å²) in [5, 5.41) is 27.1. The number of rotatable bonds is 2. The van der Waals surface area contributed by atoms with Gasteiger partial charge >= 0.3 is 5.97 Å². The fourth-order valence-electron chi connectivity index (χ4n) is 1.99. The number of carbonyl (C=O) groups is 1. The van der Waals surface area contributed by atoms with Gasteiger partial charge in [-0.05, 0) is 18.2 Å². The number of nitrogens with two attached hydrogens (primary N) is 1. The van der Waals surface area contributed by atoms with Crippen molar-refractivity contribution in [2.24, 2.45) is 0 Å². The number of esters is 1. The van der Waals surface area contributed by atoms with E-state index in [2.05, 4.69) is 4.74 Å². The van der Waals surface area contributed by atoms with Gasteiger partial charge in [0.2, 0.25) is 0 Å². The van der Waals surface area contributed by atoms with Crippen LogP contribution in [0.15, 0.2) is 24.4 Å². The lowest BCUT2D eigenvalue weighted by Gasteiger charge is -2.09. The zero-order valence-corrected chi connectivity index (χ0v) is 11.5. The lowest BCUT2D eigenvalue weighted by molar-refractivity contribution is 0.0593. The summed E-state index contributed by atoms with van der Waals surface area (Å²) in [6.07, 6.45) is 1.38. The van der Waals surface area contributed by atoms with Crippen LogP contribution in [0.2, 0.25) is 0 Å². The summed E-state index contributed by atoms with van der Waals surface area (Å²) >= 11 is 0. The Morgan fingerprint density at radius 2 is 1.77 bits per heavy atom. The van der Waals surface area contributed by atoms with Crippen molar-refractivity contribution in [2.75, 3.05) is 12.8 Å². The number of nitriles is 3. The second kappa shape index (κ2) is 5.70. The van der Waals surface area contributed by atoms with Crippen LogP contribution in [0, 0.1) is 34.0 Å². The fourth-order valence-corrected chi connectivity index (χ4v) is 1.99. The van der Waals surface area contributed by atoms with Crippen molar-refractivity contribution < 1.29 is 9.53 Å². The minimum absolute atomic E-state index is 0.00258. The molecule has 7 heteroatoms. The first-order chi connectivity index (χ1) is 10.6. The van der Waals surface area contributed by atoms with Crippen LogP contribution in [-0.4, -0.2) is 17.6 Å². The Bertz CT molecular complexity index is 890. The molecule has 0 aliphatic rings. The lowest BCUT2D eigenvalue weighted by Crippen LogP contribution is -2.11. The smallest absolute Gasteiger partial charge is 0.357 e. The van der Waals surface area contributed by atoms with Gasteiger partial charge in [-0.15, -0.1) is 0 Å². The number of anilines is 1. The molecule has 0 saturated heterocycles. The maximum absolute atomic E-state index is 11.9. The Kier molecular flexibility index (Phi) is 3.80. The third kappa shape index (κ3) is 2.22. The van der Waals surface area contributed by atoms with Crippen molar-refractivity contribution >= 4 is 11.7 Å². The predicted octanol–water partition coefficient (Wildman–Crippen LogP) is 1.46. The zero-order chi connectivity index (χ0) is 16.3. The summed E-state index contributed by atoms with van der Waals surface area (Å²) in [6, 6.07) is 10.1. The minimum Gasteiger partial charge on any atom is -0.464 e. The third-order valence-corrected chi connectivity index (χ3v) is 3.07. The molecule has 2 aromatic rings. The zero-order valence-electron chi connectivity index (χ0n) is 11.5. The molecular weight excluding hydrogens is 282 g/mol. The molecule has 0 fully saturated rings. The molecule has 1 aromatic heterocycles. The van der Waals surface area contributed by atoms with Crippen LogP contribution in [0.25, 0.3) is 5.69 Å². The minimum atomic E-state index is -0.707. The highest BCUT2D eigenvalue weighted by Crippen LogP contribution is 2.25. The number of ether oxygens (including phenoxy) is 1. The maximum Gasteiger partial charge on any atom is 0.357 e. The molecule has 0 saturated carbocycles. The van der Waals surface area contributed by atoms with Gasteiger partial charge in [0.1, 0.15) is 18.2 Å². The Labute approximate surface area is 126 Å². The molecule has 2 N–H and O–H groups in total. The van der Waals surface area contributed by atoms with Gasteiger partial charge in [-0.25, -0.2) is 4.79 Å². The number of aromatic nitrogens is 1. The SMILES string of the molecule is COC(=O)c1c(N)c(C#N)cn1-c1ccc(C#N)c(C#N)c1. The van der Waals surface area contributed by atoms with E-state index in [4.69, 9.17) is 21.5 Å². The van der Waals surface area contributed by atoms with E-state index in [0.717, 1.165) is 0 Å². The topological polar surface area (TPSA) is 129 Å². The third-order valence-electron chi connectivity index (χ3n) is 3.07. The average molecular weight is 291 g/mol. The normalized spacial score (nSPS) is 9.36. The monoisotopic (exact) mass is 291 g/mol. The van der Waals surface area contributed by atoms with E-state index >= 15 is 0 Å². The molecule has 7 nitrogen and oxygen atoms in total. The summed E-state index contributed by atoms with van der Waals surface area (Å²) in [6.45, 7) is 0. The van der Waals surface area contributed by atoms with Crippen LogP contribution in [0.1, 0.15) is 27.2 Å². The van der Waals surface area contributed by atoms with Crippen molar-refractivity contribution in [3.63, 3.8) is 0 Å². The van der Waals surface area contributed by atoms with Crippen LogP contribution < -0.4 is 5.73 Å². The molecule has 0 aliphatic heterocycles. The Balaban J connectivity index is 2.74. The molecule has 0 aliphatic carbocycles. The Morgan fingerprint density at radius 3 is 2.32 bits per heavy atom. The van der Waals surface area contributed by atoms with E-state index in [1.54, 1.807) is 6.07 Å². The quantitative estimate of drug-likeness (QED) is 0.834. The number of carbonyl (C=O) groups excluding carboxylic acids is 1. The second-order valence-electron chi connectivity index (χ2n) is 4.23. The predicted molar refractivity (Wildman–Crippen MR) is 75.7 cm³/mol. The summed E-state index contributed by atoms with van der Waals surface area (Å²) in [5.41, 5.74) is 6.69. The van der Waals surface area contributed by atoms with E-state index in [0.29, 0.717) is 5.69 Å². The molecule has 22 heavy (non-hydrogen) atoms. The van der Waals surface area contributed by atoms with Crippen molar-refractivity contribution in [1.82, 2.24) is 4.57 Å². The van der Waals surface area contributed by atoms with Gasteiger partial charge in [-0.2, -0.15) is 15.8 Å². The van der Waals surface area contributed by atoms with E-state index in [-0.39, 0.29) is 28.1 Å². The first kappa shape index (κ1) is 14.6. The Hall–Kier alpha value is -3.76. The highest BCUT2D eigenvalue weighted by atomic mass is 16.5. The summed E-state index contributed by atoms with van der Waals surface area (Å²) in [7, 11) is 1.20. The summed E-state index contributed by atoms with van der Waals surface area (Å²) in [5.74, 6) is -0.707. The first-order valence-electron chi connectivity index (χ1n) is 6.01. The molecule has 2 rings (SSSR count). The van der Waals surface area contributed by atoms with Crippen LogP contribution in [0.4, 0.5) is 5.69 Å². The van der Waals surface area contributed by atoms with Crippen LogP contribution in [-0.2, 0) is 4.74 Å². The first-order valence-corrected chi connectivity index (χ1v) is 6.01. The number of hydrogen-bond donors (Lipinski definition) is 1. The summed E-state index contributed by atoms with van der Waals surface area (Å²) in [4.78, 5) is 11.9. The van der Waals surface area contributed by atoms with E-state index in [9.17, 15) is 4.79 Å². The van der Waals surface area contributed by atoms with Crippen LogP contribution in [0.5, 0.6) is 0 Å². The van der Waals surface area contributed by atoms with Crippen molar-refractivity contribution in [3.05, 3.63) is 46.8 Å². The molecule has 0 spiro atoms. The van der Waals surface area contributed by atoms with E-state index < -0.39 is 5.97 Å².